The zero-order chi connectivity index (χ0) is 14.3. The van der Waals surface area contributed by atoms with E-state index in [1.54, 1.807) is 6.07 Å². The Morgan fingerprint density at radius 1 is 1.40 bits per heavy atom. The normalized spacial score (nSPS) is 30.6. The van der Waals surface area contributed by atoms with E-state index in [4.69, 9.17) is 0 Å². The molecule has 0 aromatic heterocycles. The summed E-state index contributed by atoms with van der Waals surface area (Å²) >= 11 is 0. The Bertz CT molecular complexity index is 498. The third-order valence-electron chi connectivity index (χ3n) is 5.04. The van der Waals surface area contributed by atoms with Crippen LogP contribution in [0.1, 0.15) is 38.7 Å². The molecule has 3 heteroatoms. The molecule has 3 rings (SSSR count). The molecule has 1 aromatic carbocycles. The highest BCUT2D eigenvalue weighted by Crippen LogP contribution is 2.42. The summed E-state index contributed by atoms with van der Waals surface area (Å²) < 4.78 is 14.4. The summed E-state index contributed by atoms with van der Waals surface area (Å²) in [6, 6.07) is 6.01. The van der Waals surface area contributed by atoms with E-state index < -0.39 is 0 Å². The van der Waals surface area contributed by atoms with Crippen LogP contribution in [0.5, 0.6) is 0 Å². The Morgan fingerprint density at radius 2 is 2.15 bits per heavy atom. The lowest BCUT2D eigenvalue weighted by atomic mass is 9.90. The van der Waals surface area contributed by atoms with Gasteiger partial charge in [0.1, 0.15) is 5.82 Å². The maximum atomic E-state index is 14.4. The van der Waals surface area contributed by atoms with Crippen LogP contribution in [0.2, 0.25) is 0 Å². The molecule has 0 radical (unpaired) electrons. The molecule has 0 amide bonds. The molecule has 1 aliphatic carbocycles. The van der Waals surface area contributed by atoms with E-state index in [0.717, 1.165) is 36.7 Å². The van der Waals surface area contributed by atoms with Crippen LogP contribution in [0.3, 0.4) is 0 Å². The molecule has 20 heavy (non-hydrogen) atoms. The Labute approximate surface area is 121 Å². The number of hydrogen-bond acceptors (Lipinski definition) is 2. The van der Waals surface area contributed by atoms with E-state index in [0.29, 0.717) is 6.04 Å². The van der Waals surface area contributed by atoms with Gasteiger partial charge in [-0.3, -0.25) is 0 Å². The summed E-state index contributed by atoms with van der Waals surface area (Å²) in [5, 5.41) is 3.72. The van der Waals surface area contributed by atoms with Crippen molar-refractivity contribution in [3.63, 3.8) is 0 Å². The van der Waals surface area contributed by atoms with Crippen LogP contribution in [-0.4, -0.2) is 24.7 Å². The van der Waals surface area contributed by atoms with Gasteiger partial charge in [-0.25, -0.2) is 4.39 Å². The van der Waals surface area contributed by atoms with E-state index >= 15 is 0 Å². The van der Waals surface area contributed by atoms with Crippen molar-refractivity contribution in [2.24, 2.45) is 5.92 Å². The van der Waals surface area contributed by atoms with Crippen molar-refractivity contribution in [1.82, 2.24) is 5.32 Å². The van der Waals surface area contributed by atoms with Gasteiger partial charge in [-0.1, -0.05) is 13.0 Å². The predicted octanol–water partition coefficient (Wildman–Crippen LogP) is 3.49. The summed E-state index contributed by atoms with van der Waals surface area (Å²) in [4.78, 5) is 2.30. The number of aryl methyl sites for hydroxylation is 1. The maximum absolute atomic E-state index is 14.4. The molecule has 2 fully saturated rings. The van der Waals surface area contributed by atoms with Crippen LogP contribution < -0.4 is 10.2 Å². The smallest absolute Gasteiger partial charge is 0.146 e. The summed E-state index contributed by atoms with van der Waals surface area (Å²) in [6.45, 7) is 8.30. The van der Waals surface area contributed by atoms with Crippen LogP contribution >= 0.6 is 0 Å². The molecule has 1 saturated carbocycles. The van der Waals surface area contributed by atoms with Crippen LogP contribution in [-0.2, 0) is 0 Å². The van der Waals surface area contributed by atoms with Crippen LogP contribution in [0, 0.1) is 18.7 Å². The molecule has 0 spiro atoms. The molecule has 1 aliphatic heterocycles. The van der Waals surface area contributed by atoms with Crippen molar-refractivity contribution in [3.8, 4) is 0 Å². The SMILES string of the molecule is CCC1CNC(C)(C2CC2)CN1c1ccc(C)cc1F. The molecule has 2 nitrogen and oxygen atoms in total. The van der Waals surface area contributed by atoms with Gasteiger partial charge < -0.3 is 10.2 Å². The quantitative estimate of drug-likeness (QED) is 0.909. The van der Waals surface area contributed by atoms with Crippen molar-refractivity contribution in [1.29, 1.82) is 0 Å². The first-order chi connectivity index (χ1) is 9.53. The summed E-state index contributed by atoms with van der Waals surface area (Å²) in [7, 11) is 0. The third kappa shape index (κ3) is 2.44. The molecular weight excluding hydrogens is 251 g/mol. The van der Waals surface area contributed by atoms with E-state index in [1.165, 1.54) is 12.8 Å². The highest BCUT2D eigenvalue weighted by atomic mass is 19.1. The van der Waals surface area contributed by atoms with Crippen molar-refractivity contribution in [2.75, 3.05) is 18.0 Å². The highest BCUT2D eigenvalue weighted by Gasteiger charge is 2.46. The molecule has 2 atom stereocenters. The number of nitrogens with one attached hydrogen (secondary N) is 1. The molecule has 110 valence electrons. The number of piperazine rings is 1. The second-order valence-corrected chi connectivity index (χ2v) is 6.72. The van der Waals surface area contributed by atoms with Gasteiger partial charge in [-0.15, -0.1) is 0 Å². The first kappa shape index (κ1) is 13.9. The number of hydrogen-bond donors (Lipinski definition) is 1. The van der Waals surface area contributed by atoms with Gasteiger partial charge in [0.05, 0.1) is 5.69 Å². The molecule has 1 N–H and O–H groups in total. The third-order valence-corrected chi connectivity index (χ3v) is 5.04. The van der Waals surface area contributed by atoms with Crippen molar-refractivity contribution < 1.29 is 4.39 Å². The Kier molecular flexibility index (Phi) is 3.49. The van der Waals surface area contributed by atoms with Gasteiger partial charge in [0.15, 0.2) is 0 Å². The van der Waals surface area contributed by atoms with E-state index in [2.05, 4.69) is 24.1 Å². The Balaban J connectivity index is 1.90. The minimum atomic E-state index is -0.0801. The molecule has 1 heterocycles. The summed E-state index contributed by atoms with van der Waals surface area (Å²) in [5.41, 5.74) is 1.90. The monoisotopic (exact) mass is 276 g/mol. The summed E-state index contributed by atoms with van der Waals surface area (Å²) in [6.07, 6.45) is 3.66. The maximum Gasteiger partial charge on any atom is 0.146 e. The molecule has 1 saturated heterocycles. The molecule has 2 aliphatic rings. The number of benzene rings is 1. The lowest BCUT2D eigenvalue weighted by molar-refractivity contribution is 0.251. The van der Waals surface area contributed by atoms with E-state index in [9.17, 15) is 4.39 Å². The van der Waals surface area contributed by atoms with Crippen molar-refractivity contribution in [3.05, 3.63) is 29.6 Å². The number of nitrogens with zero attached hydrogens (tertiary/aromatic N) is 1. The predicted molar refractivity (Wildman–Crippen MR) is 81.7 cm³/mol. The average molecular weight is 276 g/mol. The minimum absolute atomic E-state index is 0.0801. The van der Waals surface area contributed by atoms with E-state index in [-0.39, 0.29) is 11.4 Å². The van der Waals surface area contributed by atoms with Crippen molar-refractivity contribution in [2.45, 2.75) is 51.6 Å². The van der Waals surface area contributed by atoms with Gasteiger partial charge >= 0.3 is 0 Å². The van der Waals surface area contributed by atoms with Gasteiger partial charge in [0.25, 0.3) is 0 Å². The van der Waals surface area contributed by atoms with Gasteiger partial charge in [0, 0.05) is 24.7 Å². The fourth-order valence-electron chi connectivity index (χ4n) is 3.49. The van der Waals surface area contributed by atoms with Gasteiger partial charge in [0.2, 0.25) is 0 Å². The van der Waals surface area contributed by atoms with Gasteiger partial charge in [-0.2, -0.15) is 0 Å². The fraction of sp³-hybridized carbons (Fsp3) is 0.647. The lowest BCUT2D eigenvalue weighted by Gasteiger charge is -2.47. The lowest BCUT2D eigenvalue weighted by Crippen LogP contribution is -2.64. The molecular formula is C17H25FN2. The van der Waals surface area contributed by atoms with Gasteiger partial charge in [-0.05, 0) is 56.7 Å². The number of anilines is 1. The first-order valence-electron chi connectivity index (χ1n) is 7.81. The largest absolute Gasteiger partial charge is 0.363 e. The standard InChI is InChI=1S/C17H25FN2/c1-4-14-10-19-17(3,13-6-7-13)11-20(14)16-8-5-12(2)9-15(16)18/h5,8-9,13-14,19H,4,6-7,10-11H2,1-3H3. The summed E-state index contributed by atoms with van der Waals surface area (Å²) in [5.74, 6) is 0.680. The highest BCUT2D eigenvalue weighted by molar-refractivity contribution is 5.51. The Morgan fingerprint density at radius 3 is 2.75 bits per heavy atom. The Hall–Kier alpha value is -1.09. The number of halogens is 1. The number of rotatable bonds is 3. The molecule has 2 unspecified atom stereocenters. The van der Waals surface area contributed by atoms with Crippen LogP contribution in [0.25, 0.3) is 0 Å². The first-order valence-corrected chi connectivity index (χ1v) is 7.81. The second-order valence-electron chi connectivity index (χ2n) is 6.72. The zero-order valence-electron chi connectivity index (χ0n) is 12.7. The molecule has 1 aromatic rings. The molecule has 0 bridgehead atoms. The fourth-order valence-corrected chi connectivity index (χ4v) is 3.49. The van der Waals surface area contributed by atoms with Crippen molar-refractivity contribution >= 4 is 5.69 Å². The average Bonchev–Trinajstić information content (AvgIpc) is 3.23. The van der Waals surface area contributed by atoms with Crippen LogP contribution in [0.4, 0.5) is 10.1 Å². The van der Waals surface area contributed by atoms with E-state index in [1.807, 2.05) is 19.1 Å². The topological polar surface area (TPSA) is 15.3 Å². The minimum Gasteiger partial charge on any atom is -0.363 e. The van der Waals surface area contributed by atoms with Crippen LogP contribution in [0.15, 0.2) is 18.2 Å². The zero-order valence-corrected chi connectivity index (χ0v) is 12.7. The second kappa shape index (κ2) is 5.03.